The summed E-state index contributed by atoms with van der Waals surface area (Å²) in [5, 5.41) is -0.257. The smallest absolute Gasteiger partial charge is 0.378 e. The van der Waals surface area contributed by atoms with Crippen molar-refractivity contribution in [3.8, 4) is 0 Å². The summed E-state index contributed by atoms with van der Waals surface area (Å²) in [5.41, 5.74) is 0.642. The van der Waals surface area contributed by atoms with Crippen LogP contribution in [0.15, 0.2) is 47.4 Å². The predicted molar refractivity (Wildman–Crippen MR) is 105 cm³/mol. The van der Waals surface area contributed by atoms with Gasteiger partial charge in [0, 0.05) is 32.4 Å². The van der Waals surface area contributed by atoms with E-state index in [4.69, 9.17) is 16.3 Å². The number of ether oxygens (including phenoxy) is 1. The van der Waals surface area contributed by atoms with Gasteiger partial charge in [-0.2, -0.15) is 17.5 Å². The number of benzene rings is 2. The van der Waals surface area contributed by atoms with Gasteiger partial charge in [-0.25, -0.2) is 8.42 Å². The van der Waals surface area contributed by atoms with E-state index >= 15 is 0 Å². The molecule has 1 saturated heterocycles. The molecule has 10 heteroatoms. The summed E-state index contributed by atoms with van der Waals surface area (Å²) in [6, 6.07) is 9.63. The Morgan fingerprint density at radius 2 is 1.72 bits per heavy atom. The van der Waals surface area contributed by atoms with E-state index in [0.717, 1.165) is 35.2 Å². The third-order valence-corrected chi connectivity index (χ3v) is 6.95. The average molecular weight is 449 g/mol. The van der Waals surface area contributed by atoms with Crippen molar-refractivity contribution < 1.29 is 26.3 Å². The lowest BCUT2D eigenvalue weighted by Crippen LogP contribution is -2.36. The van der Waals surface area contributed by atoms with Gasteiger partial charge in [-0.15, -0.1) is 0 Å². The highest BCUT2D eigenvalue weighted by molar-refractivity contribution is 7.89. The fourth-order valence-corrected chi connectivity index (χ4v) is 4.68. The van der Waals surface area contributed by atoms with Crippen LogP contribution in [0.1, 0.15) is 11.1 Å². The molecule has 0 aromatic heterocycles. The first kappa shape index (κ1) is 21.9. The Labute approximate surface area is 172 Å². The number of hydrogen-bond acceptors (Lipinski definition) is 4. The van der Waals surface area contributed by atoms with E-state index in [-0.39, 0.29) is 11.6 Å². The third-order valence-electron chi connectivity index (χ3n) is 4.66. The van der Waals surface area contributed by atoms with Crippen LogP contribution >= 0.6 is 11.6 Å². The van der Waals surface area contributed by atoms with E-state index in [0.29, 0.717) is 24.8 Å². The summed E-state index contributed by atoms with van der Waals surface area (Å²) in [5.74, 6) is 0. The number of nitrogens with zero attached hydrogens (tertiary/aromatic N) is 2. The fraction of sp³-hybridized carbons (Fsp3) is 0.368. The molecule has 1 aliphatic heterocycles. The topological polar surface area (TPSA) is 49.9 Å². The molecule has 0 saturated carbocycles. The quantitative estimate of drug-likeness (QED) is 0.693. The monoisotopic (exact) mass is 448 g/mol. The van der Waals surface area contributed by atoms with Crippen LogP contribution in [0.5, 0.6) is 0 Å². The highest BCUT2D eigenvalue weighted by Gasteiger charge is 2.33. The molecule has 0 spiro atoms. The fourth-order valence-electron chi connectivity index (χ4n) is 3.02. The first-order valence-electron chi connectivity index (χ1n) is 8.84. The van der Waals surface area contributed by atoms with Crippen molar-refractivity contribution in [1.29, 1.82) is 0 Å². The zero-order valence-electron chi connectivity index (χ0n) is 15.6. The lowest BCUT2D eigenvalue weighted by molar-refractivity contribution is -0.137. The van der Waals surface area contributed by atoms with Crippen LogP contribution in [0, 0.1) is 0 Å². The minimum atomic E-state index is -4.66. The highest BCUT2D eigenvalue weighted by Crippen LogP contribution is 2.34. The largest absolute Gasteiger partial charge is 0.416 e. The van der Waals surface area contributed by atoms with Gasteiger partial charge in [-0.05, 0) is 35.9 Å². The van der Waals surface area contributed by atoms with Crippen molar-refractivity contribution >= 4 is 27.3 Å². The third kappa shape index (κ3) is 5.03. The second-order valence-corrected chi connectivity index (χ2v) is 9.09. The summed E-state index contributed by atoms with van der Waals surface area (Å²) >= 11 is 5.90. The van der Waals surface area contributed by atoms with Crippen LogP contribution in [0.25, 0.3) is 0 Å². The van der Waals surface area contributed by atoms with Crippen molar-refractivity contribution in [3.63, 3.8) is 0 Å². The van der Waals surface area contributed by atoms with Gasteiger partial charge in [0.15, 0.2) is 0 Å². The van der Waals surface area contributed by atoms with Crippen molar-refractivity contribution in [2.24, 2.45) is 0 Å². The van der Waals surface area contributed by atoms with Crippen LogP contribution in [0.2, 0.25) is 5.02 Å². The van der Waals surface area contributed by atoms with E-state index in [1.54, 1.807) is 12.1 Å². The second-order valence-electron chi connectivity index (χ2n) is 6.67. The molecule has 2 aromatic rings. The Morgan fingerprint density at radius 3 is 2.31 bits per heavy atom. The normalized spacial score (nSPS) is 15.7. The van der Waals surface area contributed by atoms with Crippen LogP contribution < -0.4 is 4.90 Å². The first-order valence-corrected chi connectivity index (χ1v) is 10.7. The van der Waals surface area contributed by atoms with E-state index in [1.165, 1.54) is 7.05 Å². The molecule has 1 aliphatic rings. The van der Waals surface area contributed by atoms with E-state index in [9.17, 15) is 21.6 Å². The summed E-state index contributed by atoms with van der Waals surface area (Å²) in [4.78, 5) is 1.59. The summed E-state index contributed by atoms with van der Waals surface area (Å²) in [6.45, 7) is 2.86. The van der Waals surface area contributed by atoms with Gasteiger partial charge < -0.3 is 9.64 Å². The zero-order valence-corrected chi connectivity index (χ0v) is 17.2. The second kappa shape index (κ2) is 8.51. The van der Waals surface area contributed by atoms with Crippen LogP contribution in [-0.4, -0.2) is 46.1 Å². The summed E-state index contributed by atoms with van der Waals surface area (Å²) in [6.07, 6.45) is -4.66. The van der Waals surface area contributed by atoms with E-state index in [2.05, 4.69) is 4.90 Å². The number of rotatable bonds is 5. The number of halogens is 4. The molecule has 1 fully saturated rings. The lowest BCUT2D eigenvalue weighted by atomic mass is 10.2. The van der Waals surface area contributed by atoms with Gasteiger partial charge in [0.05, 0.1) is 23.8 Å². The van der Waals surface area contributed by atoms with Crippen molar-refractivity contribution in [3.05, 3.63) is 58.6 Å². The van der Waals surface area contributed by atoms with Gasteiger partial charge in [0.25, 0.3) is 0 Å². The van der Waals surface area contributed by atoms with Gasteiger partial charge in [-0.1, -0.05) is 23.7 Å². The molecule has 0 amide bonds. The molecule has 0 unspecified atom stereocenters. The highest BCUT2D eigenvalue weighted by atomic mass is 35.5. The average Bonchev–Trinajstić information content (AvgIpc) is 2.68. The molecular weight excluding hydrogens is 429 g/mol. The van der Waals surface area contributed by atoms with Crippen LogP contribution in [0.4, 0.5) is 18.9 Å². The lowest BCUT2D eigenvalue weighted by Gasteiger charge is -2.29. The molecule has 0 N–H and O–H groups in total. The summed E-state index contributed by atoms with van der Waals surface area (Å²) in [7, 11) is -2.90. The van der Waals surface area contributed by atoms with Crippen molar-refractivity contribution in [2.45, 2.75) is 17.6 Å². The van der Waals surface area contributed by atoms with Crippen LogP contribution in [-0.2, 0) is 27.5 Å². The maximum Gasteiger partial charge on any atom is 0.416 e. The molecule has 0 atom stereocenters. The Balaban J connectivity index is 1.78. The summed E-state index contributed by atoms with van der Waals surface area (Å²) < 4.78 is 70.8. The van der Waals surface area contributed by atoms with E-state index in [1.807, 2.05) is 12.1 Å². The molecular formula is C19H20ClF3N2O3S. The SMILES string of the molecule is CN(Cc1ccc(N2CCOCC2)cc1)S(=O)(=O)c1cc(C(F)(F)F)ccc1Cl. The van der Waals surface area contributed by atoms with Gasteiger partial charge >= 0.3 is 6.18 Å². The maximum atomic E-state index is 13.0. The van der Waals surface area contributed by atoms with E-state index < -0.39 is 26.7 Å². The Hall–Kier alpha value is -1.81. The number of hydrogen-bond donors (Lipinski definition) is 0. The molecule has 158 valence electrons. The number of sulfonamides is 1. The molecule has 0 bridgehead atoms. The Morgan fingerprint density at radius 1 is 1.10 bits per heavy atom. The maximum absolute atomic E-state index is 13.0. The number of morpholine rings is 1. The zero-order chi connectivity index (χ0) is 21.2. The molecule has 1 heterocycles. The predicted octanol–water partition coefficient (Wildman–Crippen LogP) is 4.02. The first-order chi connectivity index (χ1) is 13.6. The molecule has 29 heavy (non-hydrogen) atoms. The van der Waals surface area contributed by atoms with Crippen molar-refractivity contribution in [1.82, 2.24) is 4.31 Å². The van der Waals surface area contributed by atoms with Crippen LogP contribution in [0.3, 0.4) is 0 Å². The van der Waals surface area contributed by atoms with Crippen molar-refractivity contribution in [2.75, 3.05) is 38.3 Å². The molecule has 2 aromatic carbocycles. The minimum Gasteiger partial charge on any atom is -0.378 e. The van der Waals surface area contributed by atoms with Gasteiger partial charge in [0.1, 0.15) is 4.90 Å². The number of anilines is 1. The van der Waals surface area contributed by atoms with Gasteiger partial charge in [0.2, 0.25) is 10.0 Å². The Bertz CT molecular complexity index is 960. The Kier molecular flexibility index (Phi) is 6.42. The molecule has 5 nitrogen and oxygen atoms in total. The molecule has 0 radical (unpaired) electrons. The number of alkyl halides is 3. The molecule has 3 rings (SSSR count). The van der Waals surface area contributed by atoms with Gasteiger partial charge in [-0.3, -0.25) is 0 Å². The standard InChI is InChI=1S/C19H20ClF3N2O3S/c1-24(13-14-2-5-16(6-3-14)25-8-10-28-11-9-25)29(26,27)18-12-15(19(21,22)23)4-7-17(18)20/h2-7,12H,8-11,13H2,1H3. The molecule has 0 aliphatic carbocycles. The minimum absolute atomic E-state index is 0.00169.